The Balaban J connectivity index is 1.54. The first-order valence-corrected chi connectivity index (χ1v) is 14.4. The van der Waals surface area contributed by atoms with E-state index in [0.717, 1.165) is 17.1 Å². The van der Waals surface area contributed by atoms with Gasteiger partial charge in [-0.3, -0.25) is 9.69 Å². The van der Waals surface area contributed by atoms with Crippen molar-refractivity contribution in [1.29, 1.82) is 0 Å². The molecule has 224 valence electrons. The third-order valence-corrected chi connectivity index (χ3v) is 7.21. The van der Waals surface area contributed by atoms with Gasteiger partial charge in [-0.2, -0.15) is 0 Å². The second-order valence-electron chi connectivity index (χ2n) is 11.3. The molecule has 0 saturated carbocycles. The molecular formula is C33H42N4O5. The van der Waals surface area contributed by atoms with E-state index < -0.39 is 0 Å². The molecule has 3 atom stereocenters. The summed E-state index contributed by atoms with van der Waals surface area (Å²) in [5, 5.41) is 15.6. The normalized spacial score (nSPS) is 17.6. The maximum absolute atomic E-state index is 13.6. The first-order chi connectivity index (χ1) is 20.1. The summed E-state index contributed by atoms with van der Waals surface area (Å²) in [6.07, 6.45) is -0.299. The Kier molecular flexibility index (Phi) is 10.4. The molecule has 1 aliphatic heterocycles. The predicted molar refractivity (Wildman–Crippen MR) is 164 cm³/mol. The molecule has 42 heavy (non-hydrogen) atoms. The van der Waals surface area contributed by atoms with Crippen molar-refractivity contribution in [3.05, 3.63) is 83.9 Å². The number of para-hydroxylation sites is 2. The number of urea groups is 1. The smallest absolute Gasteiger partial charge is 0.319 e. The van der Waals surface area contributed by atoms with Crippen LogP contribution < -0.4 is 20.1 Å². The van der Waals surface area contributed by atoms with Gasteiger partial charge in [0.1, 0.15) is 17.6 Å². The van der Waals surface area contributed by atoms with Crippen LogP contribution >= 0.6 is 0 Å². The van der Waals surface area contributed by atoms with Crippen molar-refractivity contribution in [2.45, 2.75) is 52.4 Å². The van der Waals surface area contributed by atoms with Crippen molar-refractivity contribution in [3.8, 4) is 17.2 Å². The number of hydrogen-bond acceptors (Lipinski definition) is 6. The van der Waals surface area contributed by atoms with Crippen LogP contribution in [0.1, 0.15) is 43.6 Å². The van der Waals surface area contributed by atoms with E-state index in [1.807, 2.05) is 89.3 Å². The van der Waals surface area contributed by atoms with Crippen LogP contribution in [0, 0.1) is 5.92 Å². The number of likely N-dealkylation sites (N-methyl/N-ethyl adjacent to an activating group) is 1. The molecule has 1 heterocycles. The summed E-state index contributed by atoms with van der Waals surface area (Å²) in [5.41, 5.74) is 1.90. The topological polar surface area (TPSA) is 103 Å². The van der Waals surface area contributed by atoms with Gasteiger partial charge in [0.25, 0.3) is 5.91 Å². The highest BCUT2D eigenvalue weighted by Crippen LogP contribution is 2.35. The quantitative estimate of drug-likeness (QED) is 0.301. The van der Waals surface area contributed by atoms with Gasteiger partial charge in [0.15, 0.2) is 5.75 Å². The van der Waals surface area contributed by atoms with E-state index in [-0.39, 0.29) is 42.7 Å². The second-order valence-corrected chi connectivity index (χ2v) is 11.3. The van der Waals surface area contributed by atoms with Gasteiger partial charge in [0.2, 0.25) is 0 Å². The minimum Gasteiger partial charge on any atom is -0.486 e. The molecule has 0 bridgehead atoms. The molecule has 0 aliphatic carbocycles. The Hall–Kier alpha value is -4.08. The molecular weight excluding hydrogens is 532 g/mol. The van der Waals surface area contributed by atoms with E-state index in [1.165, 1.54) is 0 Å². The lowest BCUT2D eigenvalue weighted by molar-refractivity contribution is 0.0343. The van der Waals surface area contributed by atoms with Gasteiger partial charge in [-0.05, 0) is 69.8 Å². The van der Waals surface area contributed by atoms with E-state index in [4.69, 9.17) is 9.47 Å². The fourth-order valence-electron chi connectivity index (χ4n) is 4.95. The molecule has 0 unspecified atom stereocenters. The highest BCUT2D eigenvalue weighted by molar-refractivity contribution is 6.01. The van der Waals surface area contributed by atoms with E-state index in [0.29, 0.717) is 36.6 Å². The minimum atomic E-state index is -0.376. The van der Waals surface area contributed by atoms with E-state index in [1.54, 1.807) is 23.1 Å². The van der Waals surface area contributed by atoms with Crippen LogP contribution in [0.4, 0.5) is 10.5 Å². The number of fused-ring (bicyclic) bond motifs is 1. The number of anilines is 1. The standard InChI is InChI=1S/C33H42N4O5/c1-22(2)34-33(40)35-29-13-9-12-28-31(29)42-30(23(3)18-37(32(28)39)24(4)21-38)20-36(5)19-25-14-16-27(17-15-25)41-26-10-7-6-8-11-26/h6-17,22-24,30,38H,18-21H2,1-5H3,(H2,34,35,40)/t23-,24-,30+/m1/s1. The molecule has 4 rings (SSSR count). The van der Waals surface area contributed by atoms with Crippen LogP contribution in [0.5, 0.6) is 17.2 Å². The summed E-state index contributed by atoms with van der Waals surface area (Å²) < 4.78 is 12.5. The van der Waals surface area contributed by atoms with Crippen molar-refractivity contribution in [3.63, 3.8) is 0 Å². The third kappa shape index (κ3) is 8.02. The van der Waals surface area contributed by atoms with E-state index >= 15 is 0 Å². The first kappa shape index (κ1) is 30.9. The number of benzene rings is 3. The van der Waals surface area contributed by atoms with Crippen molar-refractivity contribution < 1.29 is 24.2 Å². The zero-order chi connectivity index (χ0) is 30.2. The van der Waals surface area contributed by atoms with Crippen molar-refractivity contribution in [2.75, 3.05) is 32.1 Å². The summed E-state index contributed by atoms with van der Waals surface area (Å²) in [7, 11) is 2.03. The zero-order valence-corrected chi connectivity index (χ0v) is 25.0. The molecule has 0 fully saturated rings. The average molecular weight is 575 g/mol. The SMILES string of the molecule is CC(C)NC(=O)Nc1cccc2c1O[C@@H](CN(C)Cc1ccc(Oc3ccccc3)cc1)[C@H](C)CN([C@H](C)CO)C2=O. The predicted octanol–water partition coefficient (Wildman–Crippen LogP) is 5.36. The highest BCUT2D eigenvalue weighted by atomic mass is 16.5. The van der Waals surface area contributed by atoms with Gasteiger partial charge in [0, 0.05) is 31.6 Å². The second kappa shape index (κ2) is 14.2. The minimum absolute atomic E-state index is 0.0562. The molecule has 1 aliphatic rings. The van der Waals surface area contributed by atoms with Gasteiger partial charge < -0.3 is 30.1 Å². The Bertz CT molecular complexity index is 1330. The fourth-order valence-corrected chi connectivity index (χ4v) is 4.95. The number of rotatable bonds is 10. The summed E-state index contributed by atoms with van der Waals surface area (Å²) in [5.74, 6) is 1.60. The average Bonchev–Trinajstić information content (AvgIpc) is 2.96. The molecule has 0 aromatic heterocycles. The highest BCUT2D eigenvalue weighted by Gasteiger charge is 2.34. The Morgan fingerprint density at radius 1 is 1.05 bits per heavy atom. The number of aliphatic hydroxyl groups excluding tert-OH is 1. The van der Waals surface area contributed by atoms with Crippen LogP contribution in [-0.4, -0.2) is 71.8 Å². The molecule has 3 amide bonds. The molecule has 0 radical (unpaired) electrons. The number of amides is 3. The van der Waals surface area contributed by atoms with Crippen LogP contribution in [0.2, 0.25) is 0 Å². The van der Waals surface area contributed by atoms with Gasteiger partial charge >= 0.3 is 6.03 Å². The maximum atomic E-state index is 13.6. The lowest BCUT2D eigenvalue weighted by atomic mass is 9.99. The summed E-state index contributed by atoms with van der Waals surface area (Å²) in [4.78, 5) is 30.1. The number of hydrogen-bond donors (Lipinski definition) is 3. The molecule has 3 N–H and O–H groups in total. The van der Waals surface area contributed by atoms with Crippen molar-refractivity contribution >= 4 is 17.6 Å². The van der Waals surface area contributed by atoms with Crippen LogP contribution in [0.25, 0.3) is 0 Å². The molecule has 3 aromatic rings. The van der Waals surface area contributed by atoms with E-state index in [9.17, 15) is 14.7 Å². The number of aliphatic hydroxyl groups is 1. The Morgan fingerprint density at radius 3 is 2.40 bits per heavy atom. The van der Waals surface area contributed by atoms with Gasteiger partial charge in [0.05, 0.1) is 23.9 Å². The summed E-state index contributed by atoms with van der Waals surface area (Å²) in [6.45, 7) is 9.15. The van der Waals surface area contributed by atoms with Gasteiger partial charge in [-0.25, -0.2) is 4.79 Å². The lowest BCUT2D eigenvalue weighted by Crippen LogP contribution is -2.49. The van der Waals surface area contributed by atoms with Crippen molar-refractivity contribution in [2.24, 2.45) is 5.92 Å². The third-order valence-electron chi connectivity index (χ3n) is 7.21. The number of nitrogens with one attached hydrogen (secondary N) is 2. The zero-order valence-electron chi connectivity index (χ0n) is 25.0. The first-order valence-electron chi connectivity index (χ1n) is 14.4. The Morgan fingerprint density at radius 2 is 1.74 bits per heavy atom. The summed E-state index contributed by atoms with van der Waals surface area (Å²) >= 11 is 0. The largest absolute Gasteiger partial charge is 0.486 e. The molecule has 3 aromatic carbocycles. The lowest BCUT2D eigenvalue weighted by Gasteiger charge is -2.38. The number of carbonyl (C=O) groups is 2. The fraction of sp³-hybridized carbons (Fsp3) is 0.394. The molecule has 9 heteroatoms. The number of nitrogens with zero attached hydrogens (tertiary/aromatic N) is 2. The molecule has 0 spiro atoms. The number of ether oxygens (including phenoxy) is 2. The monoisotopic (exact) mass is 574 g/mol. The van der Waals surface area contributed by atoms with Gasteiger partial charge in [-0.15, -0.1) is 0 Å². The van der Waals surface area contributed by atoms with E-state index in [2.05, 4.69) is 15.5 Å². The van der Waals surface area contributed by atoms with Crippen LogP contribution in [0.15, 0.2) is 72.8 Å². The van der Waals surface area contributed by atoms with Gasteiger partial charge in [-0.1, -0.05) is 43.3 Å². The molecule has 0 saturated heterocycles. The summed E-state index contributed by atoms with van der Waals surface area (Å²) in [6, 6.07) is 22.0. The Labute approximate surface area is 248 Å². The maximum Gasteiger partial charge on any atom is 0.319 e. The number of carbonyl (C=O) groups excluding carboxylic acids is 2. The molecule has 9 nitrogen and oxygen atoms in total. The van der Waals surface area contributed by atoms with Crippen LogP contribution in [-0.2, 0) is 6.54 Å². The van der Waals surface area contributed by atoms with Crippen molar-refractivity contribution in [1.82, 2.24) is 15.1 Å². The van der Waals surface area contributed by atoms with Crippen LogP contribution in [0.3, 0.4) is 0 Å².